The molecule has 3 nitrogen and oxygen atoms in total. The maximum Gasteiger partial charge on any atom is 0.223 e. The van der Waals surface area contributed by atoms with Crippen LogP contribution < -0.4 is 5.73 Å². The summed E-state index contributed by atoms with van der Waals surface area (Å²) in [5, 5.41) is 0. The van der Waals surface area contributed by atoms with Crippen LogP contribution in [0.25, 0.3) is 0 Å². The quantitative estimate of drug-likeness (QED) is 0.874. The van der Waals surface area contributed by atoms with Gasteiger partial charge in [0.1, 0.15) is 5.82 Å². The van der Waals surface area contributed by atoms with Crippen LogP contribution in [0.3, 0.4) is 0 Å². The fourth-order valence-electron chi connectivity index (χ4n) is 3.42. The van der Waals surface area contributed by atoms with Crippen LogP contribution in [0.15, 0.2) is 24.3 Å². The van der Waals surface area contributed by atoms with E-state index in [4.69, 9.17) is 5.73 Å². The molecule has 2 N–H and O–H groups in total. The molecule has 0 bridgehead atoms. The second kappa shape index (κ2) is 7.73. The van der Waals surface area contributed by atoms with Crippen LogP contribution in [0.1, 0.15) is 51.0 Å². The van der Waals surface area contributed by atoms with E-state index in [2.05, 4.69) is 0 Å². The van der Waals surface area contributed by atoms with Gasteiger partial charge in [-0.05, 0) is 49.4 Å². The molecule has 0 spiro atoms. The molecule has 0 saturated heterocycles. The molecule has 0 aliphatic heterocycles. The van der Waals surface area contributed by atoms with Crippen molar-refractivity contribution in [3.05, 3.63) is 35.6 Å². The Kier molecular flexibility index (Phi) is 5.95. The molecule has 1 aliphatic rings. The highest BCUT2D eigenvalue weighted by Gasteiger charge is 2.34. The van der Waals surface area contributed by atoms with Crippen LogP contribution in [-0.4, -0.2) is 23.9 Å². The van der Waals surface area contributed by atoms with E-state index in [0.29, 0.717) is 26.1 Å². The lowest BCUT2D eigenvalue weighted by Crippen LogP contribution is -2.40. The lowest BCUT2D eigenvalue weighted by atomic mass is 9.71. The SMILES string of the molecule is CCN(Cc1cccc(F)c1)C(=O)CC1(CN)CCCCC1. The zero-order valence-electron chi connectivity index (χ0n) is 13.5. The number of nitrogens with two attached hydrogens (primary N) is 1. The molecule has 0 atom stereocenters. The van der Waals surface area contributed by atoms with E-state index in [9.17, 15) is 9.18 Å². The number of hydrogen-bond acceptors (Lipinski definition) is 2. The zero-order chi connectivity index (χ0) is 16.0. The van der Waals surface area contributed by atoms with E-state index >= 15 is 0 Å². The van der Waals surface area contributed by atoms with Crippen molar-refractivity contribution in [3.63, 3.8) is 0 Å². The summed E-state index contributed by atoms with van der Waals surface area (Å²) in [6.45, 7) is 3.65. The Morgan fingerprint density at radius 3 is 2.64 bits per heavy atom. The van der Waals surface area contributed by atoms with Crippen LogP contribution in [0, 0.1) is 11.2 Å². The number of benzene rings is 1. The van der Waals surface area contributed by atoms with Gasteiger partial charge < -0.3 is 10.6 Å². The van der Waals surface area contributed by atoms with Gasteiger partial charge in [0.25, 0.3) is 0 Å². The van der Waals surface area contributed by atoms with Crippen molar-refractivity contribution in [3.8, 4) is 0 Å². The van der Waals surface area contributed by atoms with Crippen molar-refractivity contribution in [1.82, 2.24) is 4.90 Å². The molecule has 1 fully saturated rings. The van der Waals surface area contributed by atoms with Crippen molar-refractivity contribution in [1.29, 1.82) is 0 Å². The summed E-state index contributed by atoms with van der Waals surface area (Å²) < 4.78 is 13.3. The lowest BCUT2D eigenvalue weighted by molar-refractivity contribution is -0.134. The number of amides is 1. The van der Waals surface area contributed by atoms with Gasteiger partial charge in [-0.1, -0.05) is 31.4 Å². The first-order chi connectivity index (χ1) is 10.6. The predicted molar refractivity (Wildman–Crippen MR) is 86.7 cm³/mol. The fourth-order valence-corrected chi connectivity index (χ4v) is 3.42. The highest BCUT2D eigenvalue weighted by atomic mass is 19.1. The van der Waals surface area contributed by atoms with Crippen LogP contribution in [0.2, 0.25) is 0 Å². The molecule has 22 heavy (non-hydrogen) atoms. The Hall–Kier alpha value is -1.42. The minimum atomic E-state index is -0.258. The van der Waals surface area contributed by atoms with Crippen molar-refractivity contribution >= 4 is 5.91 Å². The van der Waals surface area contributed by atoms with E-state index < -0.39 is 0 Å². The van der Waals surface area contributed by atoms with E-state index in [-0.39, 0.29) is 17.1 Å². The maximum atomic E-state index is 13.3. The number of halogens is 1. The molecule has 0 aromatic heterocycles. The highest BCUT2D eigenvalue weighted by Crippen LogP contribution is 2.38. The molecule has 0 unspecified atom stereocenters. The summed E-state index contributed by atoms with van der Waals surface area (Å²) in [6.07, 6.45) is 6.20. The van der Waals surface area contributed by atoms with Gasteiger partial charge in [0.15, 0.2) is 0 Å². The third kappa shape index (κ3) is 4.29. The maximum absolute atomic E-state index is 13.3. The molecule has 1 aromatic carbocycles. The molecule has 122 valence electrons. The molecule has 0 radical (unpaired) electrons. The number of carbonyl (C=O) groups excluding carboxylic acids is 1. The number of hydrogen-bond donors (Lipinski definition) is 1. The normalized spacial score (nSPS) is 17.2. The first-order valence-electron chi connectivity index (χ1n) is 8.31. The third-order valence-electron chi connectivity index (χ3n) is 4.87. The molecule has 4 heteroatoms. The summed E-state index contributed by atoms with van der Waals surface area (Å²) in [7, 11) is 0. The van der Waals surface area contributed by atoms with E-state index in [1.807, 2.05) is 13.0 Å². The number of rotatable bonds is 6. The van der Waals surface area contributed by atoms with E-state index in [1.165, 1.54) is 31.4 Å². The summed E-state index contributed by atoms with van der Waals surface area (Å²) in [6, 6.07) is 6.46. The first kappa shape index (κ1) is 16.9. The van der Waals surface area contributed by atoms with Gasteiger partial charge in [-0.2, -0.15) is 0 Å². The second-order valence-corrected chi connectivity index (χ2v) is 6.48. The fraction of sp³-hybridized carbons (Fsp3) is 0.611. The van der Waals surface area contributed by atoms with Gasteiger partial charge >= 0.3 is 0 Å². The molecule has 1 aliphatic carbocycles. The molecule has 0 heterocycles. The van der Waals surface area contributed by atoms with Gasteiger partial charge in [-0.15, -0.1) is 0 Å². The number of carbonyl (C=O) groups is 1. The van der Waals surface area contributed by atoms with Gasteiger partial charge in [-0.3, -0.25) is 4.79 Å². The first-order valence-corrected chi connectivity index (χ1v) is 8.31. The van der Waals surface area contributed by atoms with Gasteiger partial charge in [0.2, 0.25) is 5.91 Å². The van der Waals surface area contributed by atoms with Crippen molar-refractivity contribution in [2.45, 2.75) is 52.0 Å². The van der Waals surface area contributed by atoms with Crippen LogP contribution >= 0.6 is 0 Å². The smallest absolute Gasteiger partial charge is 0.223 e. The zero-order valence-corrected chi connectivity index (χ0v) is 13.5. The summed E-state index contributed by atoms with van der Waals surface area (Å²) in [5.41, 5.74) is 6.79. The molecule has 2 rings (SSSR count). The van der Waals surface area contributed by atoms with Gasteiger partial charge in [0, 0.05) is 19.5 Å². The van der Waals surface area contributed by atoms with Crippen LogP contribution in [-0.2, 0) is 11.3 Å². The largest absolute Gasteiger partial charge is 0.339 e. The molecule has 1 aromatic rings. The molecular formula is C18H27FN2O. The highest BCUT2D eigenvalue weighted by molar-refractivity contribution is 5.77. The lowest BCUT2D eigenvalue weighted by Gasteiger charge is -2.37. The van der Waals surface area contributed by atoms with E-state index in [1.54, 1.807) is 11.0 Å². The van der Waals surface area contributed by atoms with Gasteiger partial charge in [-0.25, -0.2) is 4.39 Å². The summed E-state index contributed by atoms with van der Waals surface area (Å²) in [4.78, 5) is 14.5. The molecular weight excluding hydrogens is 279 g/mol. The standard InChI is InChI=1S/C18H27FN2O/c1-2-21(13-15-7-6-8-16(19)11-15)17(22)12-18(14-20)9-4-3-5-10-18/h6-8,11H,2-5,9-10,12-14,20H2,1H3. The van der Waals surface area contributed by atoms with Gasteiger partial charge in [0.05, 0.1) is 0 Å². The van der Waals surface area contributed by atoms with Crippen molar-refractivity contribution in [2.75, 3.05) is 13.1 Å². The van der Waals surface area contributed by atoms with Crippen molar-refractivity contribution < 1.29 is 9.18 Å². The minimum absolute atomic E-state index is 0.0231. The Morgan fingerprint density at radius 1 is 1.32 bits per heavy atom. The summed E-state index contributed by atoms with van der Waals surface area (Å²) >= 11 is 0. The van der Waals surface area contributed by atoms with Crippen LogP contribution in [0.5, 0.6) is 0 Å². The Morgan fingerprint density at radius 2 is 2.05 bits per heavy atom. The monoisotopic (exact) mass is 306 g/mol. The average molecular weight is 306 g/mol. The predicted octanol–water partition coefficient (Wildman–Crippen LogP) is 3.47. The molecule has 1 saturated carbocycles. The summed E-state index contributed by atoms with van der Waals surface area (Å²) in [5.74, 6) is -0.120. The van der Waals surface area contributed by atoms with E-state index in [0.717, 1.165) is 18.4 Å². The minimum Gasteiger partial charge on any atom is -0.339 e. The Bertz CT molecular complexity index is 498. The average Bonchev–Trinajstić information content (AvgIpc) is 2.53. The third-order valence-corrected chi connectivity index (χ3v) is 4.87. The number of nitrogens with zero attached hydrogens (tertiary/aromatic N) is 1. The van der Waals surface area contributed by atoms with Crippen molar-refractivity contribution in [2.24, 2.45) is 11.1 Å². The molecule has 1 amide bonds. The Balaban J connectivity index is 2.01. The second-order valence-electron chi connectivity index (χ2n) is 6.48. The topological polar surface area (TPSA) is 46.3 Å². The van der Waals surface area contributed by atoms with Crippen LogP contribution in [0.4, 0.5) is 4.39 Å². The Labute approximate surface area is 132 Å².